The molecular weight excluding hydrogens is 1050 g/mol. The average Bonchev–Trinajstić information content (AvgIpc) is 4.00. The number of nitrogens with one attached hydrogen (secondary N) is 6. The van der Waals surface area contributed by atoms with E-state index in [2.05, 4.69) is 41.9 Å². The van der Waals surface area contributed by atoms with Crippen LogP contribution >= 0.6 is 11.3 Å². The zero-order valence-corrected chi connectivity index (χ0v) is 46.5. The highest BCUT2D eigenvalue weighted by Crippen LogP contribution is 2.38. The van der Waals surface area contributed by atoms with Gasteiger partial charge in [0.25, 0.3) is 17.7 Å². The maximum Gasteiger partial charge on any atom is 0.272 e. The molecule has 1 saturated heterocycles. The second-order valence-corrected chi connectivity index (χ2v) is 20.5. The number of pyridine rings is 1. The van der Waals surface area contributed by atoms with Crippen LogP contribution in [0.1, 0.15) is 121 Å². The third kappa shape index (κ3) is 15.7. The van der Waals surface area contributed by atoms with Crippen molar-refractivity contribution in [3.05, 3.63) is 94.8 Å². The molecule has 2 aliphatic heterocycles. The van der Waals surface area contributed by atoms with Gasteiger partial charge in [0.15, 0.2) is 11.5 Å². The molecule has 0 bridgehead atoms. The van der Waals surface area contributed by atoms with E-state index in [1.54, 1.807) is 79.3 Å². The van der Waals surface area contributed by atoms with Gasteiger partial charge in [-0.25, -0.2) is 0 Å². The first-order chi connectivity index (χ1) is 38.4. The molecule has 2 atom stereocenters. The van der Waals surface area contributed by atoms with Gasteiger partial charge < -0.3 is 50.8 Å². The molecule has 80 heavy (non-hydrogen) atoms. The predicted octanol–water partition coefficient (Wildman–Crippen LogP) is 7.38. The van der Waals surface area contributed by atoms with Gasteiger partial charge in [-0.1, -0.05) is 13.3 Å². The first kappa shape index (κ1) is 58.9. The number of ether oxygens (including phenoxy) is 2. The number of aryl methyl sites for hydroxylation is 2. The summed E-state index contributed by atoms with van der Waals surface area (Å²) < 4.78 is 13.2. The Labute approximate surface area is 467 Å². The van der Waals surface area contributed by atoms with E-state index in [1.165, 1.54) is 43.4 Å². The fourth-order valence-corrected chi connectivity index (χ4v) is 10.1. The normalized spacial score (nSPS) is 13.8. The van der Waals surface area contributed by atoms with Crippen molar-refractivity contribution < 1.29 is 52.6 Å². The molecule has 5 aromatic rings. The maximum absolute atomic E-state index is 13.4. The molecule has 5 heterocycles. The van der Waals surface area contributed by atoms with E-state index in [9.17, 15) is 43.2 Å². The van der Waals surface area contributed by atoms with Crippen molar-refractivity contribution in [3.63, 3.8) is 0 Å². The first-order valence-corrected chi connectivity index (χ1v) is 27.4. The highest BCUT2D eigenvalue weighted by molar-refractivity contribution is 7.17. The van der Waals surface area contributed by atoms with E-state index in [0.29, 0.717) is 101 Å². The van der Waals surface area contributed by atoms with E-state index in [1.807, 2.05) is 24.1 Å². The summed E-state index contributed by atoms with van der Waals surface area (Å²) in [4.78, 5) is 128. The lowest BCUT2D eigenvalue weighted by Gasteiger charge is -2.32. The second kappa shape index (κ2) is 27.7. The molecule has 1 fully saturated rings. The Bertz CT molecular complexity index is 3150. The van der Waals surface area contributed by atoms with Crippen molar-refractivity contribution in [1.82, 2.24) is 30.0 Å². The van der Waals surface area contributed by atoms with Gasteiger partial charge in [0.05, 0.1) is 70.6 Å². The number of aromatic nitrogens is 2. The van der Waals surface area contributed by atoms with Crippen LogP contribution in [0.4, 0.5) is 28.4 Å². The number of piperidine rings is 1. The smallest absolute Gasteiger partial charge is 0.272 e. The number of hydrogen-bond donors (Lipinski definition) is 6. The van der Waals surface area contributed by atoms with Crippen molar-refractivity contribution in [1.29, 1.82) is 0 Å². The van der Waals surface area contributed by atoms with Crippen LogP contribution in [0, 0.1) is 6.92 Å². The fourth-order valence-electron chi connectivity index (χ4n) is 9.01. The molecule has 3 aromatic heterocycles. The number of benzene rings is 2. The van der Waals surface area contributed by atoms with Gasteiger partial charge in [-0.3, -0.25) is 58.0 Å². The summed E-state index contributed by atoms with van der Waals surface area (Å²) in [5.41, 5.74) is 4.36. The number of nitrogens with zero attached hydrogens (tertiary/aromatic N) is 5. The molecule has 9 amide bonds. The summed E-state index contributed by atoms with van der Waals surface area (Å²) in [6.07, 6.45) is 10.5. The molecule has 2 aliphatic rings. The van der Waals surface area contributed by atoms with E-state index >= 15 is 0 Å². The minimum Gasteiger partial charge on any atom is -0.493 e. The van der Waals surface area contributed by atoms with E-state index in [0.717, 1.165) is 29.7 Å². The van der Waals surface area contributed by atoms with E-state index < -0.39 is 23.8 Å². The third-order valence-corrected chi connectivity index (χ3v) is 14.6. The number of rotatable bonds is 24. The lowest BCUT2D eigenvalue weighted by Crippen LogP contribution is -2.45. The van der Waals surface area contributed by atoms with Crippen LogP contribution < -0.4 is 41.4 Å². The lowest BCUT2D eigenvalue weighted by molar-refractivity contribution is -0.143. The Morgan fingerprint density at radius 3 is 2.25 bits per heavy atom. The summed E-state index contributed by atoms with van der Waals surface area (Å²) >= 11 is 1.25. The molecule has 7 rings (SSSR count). The highest BCUT2D eigenvalue weighted by atomic mass is 32.1. The number of aliphatic imine (C=N–C) groups is 1. The number of carbonyl (C=O) groups excluding carboxylic acids is 9. The summed E-state index contributed by atoms with van der Waals surface area (Å²) in [5, 5.41) is 16.4. The number of amides is 9. The molecular formula is C57H67N11O11S. The van der Waals surface area contributed by atoms with Crippen LogP contribution in [0.15, 0.2) is 78.0 Å². The van der Waals surface area contributed by atoms with Crippen LogP contribution in [0.5, 0.6) is 11.5 Å². The number of anilines is 4. The number of thiophene rings is 1. The molecule has 2 aromatic carbocycles. The molecule has 2 unspecified atom stereocenters. The van der Waals surface area contributed by atoms with Crippen LogP contribution in [-0.2, 0) is 35.8 Å². The number of carbonyl (C=O) groups is 9. The van der Waals surface area contributed by atoms with Crippen molar-refractivity contribution >= 4 is 99.2 Å². The van der Waals surface area contributed by atoms with E-state index in [-0.39, 0.29) is 73.9 Å². The number of fused-ring (bicyclic) bond motifs is 2. The van der Waals surface area contributed by atoms with Gasteiger partial charge in [-0.15, -0.1) is 11.3 Å². The lowest BCUT2D eigenvalue weighted by atomic mass is 10.0. The zero-order valence-electron chi connectivity index (χ0n) is 45.7. The van der Waals surface area contributed by atoms with Crippen molar-refractivity contribution in [2.75, 3.05) is 54.6 Å². The van der Waals surface area contributed by atoms with Gasteiger partial charge in [0.1, 0.15) is 11.7 Å². The Morgan fingerprint density at radius 1 is 0.812 bits per heavy atom. The number of imide groups is 1. The summed E-state index contributed by atoms with van der Waals surface area (Å²) in [6.45, 7) is 7.22. The molecule has 0 saturated carbocycles. The summed E-state index contributed by atoms with van der Waals surface area (Å²) in [5.74, 6) is -2.21. The average molecular weight is 1110 g/mol. The third-order valence-electron chi connectivity index (χ3n) is 13.3. The van der Waals surface area contributed by atoms with Crippen LogP contribution in [0.3, 0.4) is 0 Å². The van der Waals surface area contributed by atoms with Crippen LogP contribution in [-0.4, -0.2) is 124 Å². The Kier molecular flexibility index (Phi) is 20.4. The standard InChI is InChI=1S/C57H67N11O11S/c1-7-52(73)67(36(4)69)23-11-8-9-15-49(70)60-32-51(72)61-35(3)54(74)63-37-17-19-38(20-18-37)64-56(76)53-34(2)26-48(80-53)43-22-21-39(30-58-43)65-55(75)45-27-40(33-66(45)5)62-50(71)16-13-25-79-47-29-44-42(28-46(47)78-6)57(77)68-24-12-10-14-41(68)31-59-44/h17-22,26-31,33,35,41H,7-16,23-25,32H2,1-6H3,(H,60,70)(H,61,72)(H,62,71)(H,63,74)(H,64,76)(H,65,75). The molecule has 0 aliphatic carbocycles. The second-order valence-electron chi connectivity index (χ2n) is 19.4. The molecule has 22 nitrogen and oxygen atoms in total. The summed E-state index contributed by atoms with van der Waals surface area (Å²) in [7, 11) is 3.20. The van der Waals surface area contributed by atoms with Crippen molar-refractivity contribution in [2.45, 2.75) is 104 Å². The van der Waals surface area contributed by atoms with Crippen molar-refractivity contribution in [3.8, 4) is 22.1 Å². The van der Waals surface area contributed by atoms with E-state index in [4.69, 9.17) is 9.47 Å². The fraction of sp³-hybridized carbons (Fsp3) is 0.386. The SMILES string of the molecule is CCC(=O)N(CCCCCC(=O)NCC(=O)NC(C)C(=O)Nc1ccc(NC(=O)c2sc(-c3ccc(NC(=O)c4cc(NC(=O)CCCOc5cc6c(cc5OC)C(=O)N5CCCCC5C=N6)cn4C)cn3)cc2C)cc1)C(C)=O. The predicted molar refractivity (Wildman–Crippen MR) is 304 cm³/mol. The maximum atomic E-state index is 13.4. The Hall–Kier alpha value is -8.73. The van der Waals surface area contributed by atoms with Gasteiger partial charge in [-0.2, -0.15) is 0 Å². The minimum atomic E-state index is -0.926. The number of unbranched alkanes of at least 4 members (excludes halogenated alkanes) is 2. The minimum absolute atomic E-state index is 0.0315. The number of hydrogen-bond acceptors (Lipinski definition) is 14. The van der Waals surface area contributed by atoms with Gasteiger partial charge in [0.2, 0.25) is 35.4 Å². The van der Waals surface area contributed by atoms with Gasteiger partial charge >= 0.3 is 0 Å². The quantitative estimate of drug-likeness (QED) is 0.0330. The summed E-state index contributed by atoms with van der Waals surface area (Å²) in [6, 6.07) is 15.7. The number of methoxy groups -OCH3 is 1. The van der Waals surface area contributed by atoms with Crippen LogP contribution in [0.25, 0.3) is 10.6 Å². The zero-order chi connectivity index (χ0) is 57.5. The molecule has 0 spiro atoms. The van der Waals surface area contributed by atoms with Crippen LogP contribution in [0.2, 0.25) is 0 Å². The molecule has 0 radical (unpaired) electrons. The molecule has 23 heteroatoms. The topological polar surface area (TPSA) is 281 Å². The highest BCUT2D eigenvalue weighted by Gasteiger charge is 2.31. The Balaban J connectivity index is 0.809. The largest absolute Gasteiger partial charge is 0.493 e. The molecule has 6 N–H and O–H groups in total. The first-order valence-electron chi connectivity index (χ1n) is 26.5. The monoisotopic (exact) mass is 1110 g/mol. The Morgan fingerprint density at radius 2 is 1.54 bits per heavy atom. The van der Waals surface area contributed by atoms with Gasteiger partial charge in [0, 0.05) is 76.2 Å². The van der Waals surface area contributed by atoms with Crippen molar-refractivity contribution in [2.24, 2.45) is 12.0 Å². The van der Waals surface area contributed by atoms with Gasteiger partial charge in [-0.05, 0) is 113 Å². The molecule has 422 valence electrons.